The number of carbonyl (C=O) groups is 1. The minimum Gasteiger partial charge on any atom is -0.438 e. The number of hydrogen-bond donors (Lipinski definition) is 1. The lowest BCUT2D eigenvalue weighted by atomic mass is 10.1. The Morgan fingerprint density at radius 1 is 1.25 bits per heavy atom. The van der Waals surface area contributed by atoms with Gasteiger partial charge in [0.1, 0.15) is 5.84 Å². The number of rotatable bonds is 2. The van der Waals surface area contributed by atoms with Crippen molar-refractivity contribution >= 4 is 34.9 Å². The van der Waals surface area contributed by atoms with Gasteiger partial charge in [-0.3, -0.25) is 5.32 Å². The Hall–Kier alpha value is -2.53. The number of nitrogens with one attached hydrogen (secondary N) is 1. The second-order valence-electron chi connectivity index (χ2n) is 5.84. The van der Waals surface area contributed by atoms with Crippen LogP contribution in [-0.4, -0.2) is 29.5 Å². The van der Waals surface area contributed by atoms with Crippen molar-refractivity contribution in [2.24, 2.45) is 4.99 Å². The molecule has 2 aliphatic rings. The zero-order valence-corrected chi connectivity index (χ0v) is 13.7. The molecule has 0 saturated carbocycles. The van der Waals surface area contributed by atoms with Crippen molar-refractivity contribution in [1.82, 2.24) is 4.90 Å². The first kappa shape index (κ1) is 15.0. The standard InChI is InChI=1S/C18H16ClN3O2/c19-13-5-3-6-14(10-13)20-18(23)24-16-8-9-22-11-12-4-1-2-7-15(12)21-17(16)22/h1-7,10,16H,8-9,11H2,(H,20,23)/t16-/m0/s1. The van der Waals surface area contributed by atoms with Crippen LogP contribution in [0, 0.1) is 0 Å². The van der Waals surface area contributed by atoms with Crippen LogP contribution in [0.3, 0.4) is 0 Å². The van der Waals surface area contributed by atoms with Gasteiger partial charge >= 0.3 is 6.09 Å². The highest BCUT2D eigenvalue weighted by atomic mass is 35.5. The maximum atomic E-state index is 12.1. The fraction of sp³-hybridized carbons (Fsp3) is 0.222. The van der Waals surface area contributed by atoms with Crippen LogP contribution in [0.1, 0.15) is 12.0 Å². The number of ether oxygens (including phenoxy) is 1. The summed E-state index contributed by atoms with van der Waals surface area (Å²) in [6.45, 7) is 1.65. The van der Waals surface area contributed by atoms with E-state index in [1.54, 1.807) is 24.3 Å². The molecular formula is C18H16ClN3O2. The summed E-state index contributed by atoms with van der Waals surface area (Å²) < 4.78 is 5.57. The molecule has 1 saturated heterocycles. The zero-order valence-electron chi connectivity index (χ0n) is 12.9. The summed E-state index contributed by atoms with van der Waals surface area (Å²) in [4.78, 5) is 19.0. The number of anilines is 1. The first-order valence-electron chi connectivity index (χ1n) is 7.84. The molecule has 4 rings (SSSR count). The van der Waals surface area contributed by atoms with Crippen LogP contribution in [0.2, 0.25) is 5.02 Å². The van der Waals surface area contributed by atoms with Gasteiger partial charge < -0.3 is 9.64 Å². The van der Waals surface area contributed by atoms with Gasteiger partial charge in [-0.1, -0.05) is 35.9 Å². The zero-order chi connectivity index (χ0) is 16.5. The third kappa shape index (κ3) is 2.95. The van der Waals surface area contributed by atoms with Crippen LogP contribution in [0.4, 0.5) is 16.2 Å². The predicted octanol–water partition coefficient (Wildman–Crippen LogP) is 4.21. The summed E-state index contributed by atoms with van der Waals surface area (Å²) in [5.41, 5.74) is 2.76. The van der Waals surface area contributed by atoms with Crippen molar-refractivity contribution in [1.29, 1.82) is 0 Å². The molecule has 2 aromatic carbocycles. The molecule has 1 amide bonds. The van der Waals surface area contributed by atoms with Crippen molar-refractivity contribution in [3.63, 3.8) is 0 Å². The lowest BCUT2D eigenvalue weighted by Gasteiger charge is -2.26. The highest BCUT2D eigenvalue weighted by molar-refractivity contribution is 6.30. The van der Waals surface area contributed by atoms with Crippen LogP contribution in [0.5, 0.6) is 0 Å². The number of amidine groups is 1. The number of amides is 1. The summed E-state index contributed by atoms with van der Waals surface area (Å²) in [6.07, 6.45) is -0.0706. The molecule has 0 radical (unpaired) electrons. The number of hydrogen-bond acceptors (Lipinski definition) is 4. The first-order valence-corrected chi connectivity index (χ1v) is 8.21. The number of halogens is 1. The third-order valence-electron chi connectivity index (χ3n) is 4.18. The molecule has 122 valence electrons. The lowest BCUT2D eigenvalue weighted by Crippen LogP contribution is -2.34. The second-order valence-corrected chi connectivity index (χ2v) is 6.27. The minimum atomic E-state index is -0.495. The van der Waals surface area contributed by atoms with Crippen LogP contribution in [-0.2, 0) is 11.3 Å². The molecule has 6 heteroatoms. The predicted molar refractivity (Wildman–Crippen MR) is 93.9 cm³/mol. The third-order valence-corrected chi connectivity index (χ3v) is 4.42. The number of benzene rings is 2. The van der Waals surface area contributed by atoms with Gasteiger partial charge in [-0.05, 0) is 29.8 Å². The van der Waals surface area contributed by atoms with E-state index >= 15 is 0 Å². The Morgan fingerprint density at radius 3 is 3.00 bits per heavy atom. The van der Waals surface area contributed by atoms with E-state index in [0.29, 0.717) is 10.7 Å². The monoisotopic (exact) mass is 341 g/mol. The highest BCUT2D eigenvalue weighted by Crippen LogP contribution is 2.31. The van der Waals surface area contributed by atoms with Crippen LogP contribution in [0.15, 0.2) is 53.5 Å². The lowest BCUT2D eigenvalue weighted by molar-refractivity contribution is 0.143. The summed E-state index contributed by atoms with van der Waals surface area (Å²) in [5.74, 6) is 0.829. The Kier molecular flexibility index (Phi) is 3.86. The van der Waals surface area contributed by atoms with E-state index in [1.807, 2.05) is 18.2 Å². The Bertz CT molecular complexity index is 821. The molecule has 0 aliphatic carbocycles. The molecule has 0 unspecified atom stereocenters. The summed E-state index contributed by atoms with van der Waals surface area (Å²) >= 11 is 5.92. The molecule has 0 bridgehead atoms. The molecule has 2 aromatic rings. The second kappa shape index (κ2) is 6.17. The quantitative estimate of drug-likeness (QED) is 0.890. The van der Waals surface area contributed by atoms with Gasteiger partial charge in [0.25, 0.3) is 0 Å². The van der Waals surface area contributed by atoms with Crippen LogP contribution >= 0.6 is 11.6 Å². The van der Waals surface area contributed by atoms with E-state index in [1.165, 1.54) is 5.56 Å². The molecule has 5 nitrogen and oxygen atoms in total. The van der Waals surface area contributed by atoms with E-state index in [4.69, 9.17) is 16.3 Å². The van der Waals surface area contributed by atoms with Gasteiger partial charge in [0, 0.05) is 30.2 Å². The molecule has 24 heavy (non-hydrogen) atoms. The van der Waals surface area contributed by atoms with Crippen molar-refractivity contribution < 1.29 is 9.53 Å². The maximum Gasteiger partial charge on any atom is 0.412 e. The SMILES string of the molecule is O=C(Nc1cccc(Cl)c1)O[C@H]1CCN2Cc3ccccc3N=C12. The van der Waals surface area contributed by atoms with Gasteiger partial charge in [0.15, 0.2) is 6.10 Å². The van der Waals surface area contributed by atoms with Gasteiger partial charge in [-0.15, -0.1) is 0 Å². The summed E-state index contributed by atoms with van der Waals surface area (Å²) in [5, 5.41) is 3.27. The largest absolute Gasteiger partial charge is 0.438 e. The first-order chi connectivity index (χ1) is 11.7. The number of fused-ring (bicyclic) bond motifs is 2. The van der Waals surface area contributed by atoms with Crippen molar-refractivity contribution in [3.8, 4) is 0 Å². The molecule has 0 spiro atoms. The fourth-order valence-electron chi connectivity index (χ4n) is 3.06. The van der Waals surface area contributed by atoms with E-state index in [9.17, 15) is 4.79 Å². The van der Waals surface area contributed by atoms with Crippen LogP contribution < -0.4 is 5.32 Å². The average molecular weight is 342 g/mol. The molecule has 1 fully saturated rings. The molecule has 2 aliphatic heterocycles. The van der Waals surface area contributed by atoms with Gasteiger partial charge in [0.2, 0.25) is 0 Å². The maximum absolute atomic E-state index is 12.1. The topological polar surface area (TPSA) is 53.9 Å². The van der Waals surface area contributed by atoms with Crippen molar-refractivity contribution in [2.75, 3.05) is 11.9 Å². The van der Waals surface area contributed by atoms with Crippen molar-refractivity contribution in [3.05, 3.63) is 59.1 Å². The van der Waals surface area contributed by atoms with Gasteiger partial charge in [0.05, 0.1) is 5.69 Å². The minimum absolute atomic E-state index is 0.322. The Labute approximate surface area is 144 Å². The van der Waals surface area contributed by atoms with E-state index in [2.05, 4.69) is 21.3 Å². The number of para-hydroxylation sites is 1. The normalized spacial score (nSPS) is 18.5. The number of aliphatic imine (C=N–C) groups is 1. The van der Waals surface area contributed by atoms with Gasteiger partial charge in [-0.2, -0.15) is 0 Å². The number of nitrogens with zero attached hydrogens (tertiary/aromatic N) is 2. The molecule has 1 atom stereocenters. The fourth-order valence-corrected chi connectivity index (χ4v) is 3.25. The van der Waals surface area contributed by atoms with E-state index in [-0.39, 0.29) is 6.10 Å². The van der Waals surface area contributed by atoms with Crippen molar-refractivity contribution in [2.45, 2.75) is 19.1 Å². The highest BCUT2D eigenvalue weighted by Gasteiger charge is 2.35. The molecule has 2 heterocycles. The van der Waals surface area contributed by atoms with Gasteiger partial charge in [-0.25, -0.2) is 9.79 Å². The van der Waals surface area contributed by atoms with E-state index < -0.39 is 6.09 Å². The molecule has 1 N–H and O–H groups in total. The molecule has 0 aromatic heterocycles. The van der Waals surface area contributed by atoms with Crippen LogP contribution in [0.25, 0.3) is 0 Å². The molecular weight excluding hydrogens is 326 g/mol. The Morgan fingerprint density at radius 2 is 2.12 bits per heavy atom. The number of carbonyl (C=O) groups excluding carboxylic acids is 1. The summed E-state index contributed by atoms with van der Waals surface area (Å²) in [6, 6.07) is 15.0. The average Bonchev–Trinajstić information content (AvgIpc) is 2.94. The summed E-state index contributed by atoms with van der Waals surface area (Å²) in [7, 11) is 0. The van der Waals surface area contributed by atoms with E-state index in [0.717, 1.165) is 31.0 Å². The smallest absolute Gasteiger partial charge is 0.412 e. The Balaban J connectivity index is 1.47.